The number of hydrogen-bond acceptors (Lipinski definition) is 5. The van der Waals surface area contributed by atoms with Crippen LogP contribution in [0.15, 0.2) is 11.6 Å². The normalized spacial score (nSPS) is 31.1. The Bertz CT molecular complexity index is 816. The maximum atomic E-state index is 9.89. The Labute approximate surface area is 303 Å². The second kappa shape index (κ2) is 25.1. The molecule has 3 saturated heterocycles. The van der Waals surface area contributed by atoms with Crippen molar-refractivity contribution in [3.05, 3.63) is 11.6 Å². The molecule has 278 valence electrons. The molecule has 0 bridgehead atoms. The molecule has 0 aromatic rings. The van der Waals surface area contributed by atoms with Crippen molar-refractivity contribution in [2.75, 3.05) is 13.1 Å². The summed E-state index contributed by atoms with van der Waals surface area (Å²) in [5, 5.41) is 27.0. The van der Waals surface area contributed by atoms with Gasteiger partial charge in [-0.3, -0.25) is 4.90 Å². The van der Waals surface area contributed by atoms with Gasteiger partial charge in [-0.15, -0.1) is 24.8 Å². The molecular formula is C40H77Cl2N3O2. The van der Waals surface area contributed by atoms with Gasteiger partial charge in [0, 0.05) is 36.8 Å². The molecule has 0 aromatic carbocycles. The summed E-state index contributed by atoms with van der Waals surface area (Å²) in [7, 11) is 0. The van der Waals surface area contributed by atoms with Crippen LogP contribution in [-0.4, -0.2) is 70.6 Å². The zero-order valence-electron chi connectivity index (χ0n) is 30.7. The third-order valence-electron chi connectivity index (χ3n) is 12.2. The molecular weight excluding hydrogens is 625 g/mol. The highest BCUT2D eigenvalue weighted by atomic mass is 35.5. The minimum atomic E-state index is -0.142. The quantitative estimate of drug-likeness (QED) is 0.0669. The van der Waals surface area contributed by atoms with Crippen LogP contribution >= 0.6 is 24.8 Å². The Morgan fingerprint density at radius 3 is 1.53 bits per heavy atom. The summed E-state index contributed by atoms with van der Waals surface area (Å²) >= 11 is 0. The van der Waals surface area contributed by atoms with E-state index in [0.29, 0.717) is 12.1 Å². The molecule has 8 atom stereocenters. The number of rotatable bonds is 22. The van der Waals surface area contributed by atoms with Gasteiger partial charge in [-0.2, -0.15) is 0 Å². The van der Waals surface area contributed by atoms with Crippen LogP contribution in [0.3, 0.4) is 0 Å². The van der Waals surface area contributed by atoms with Crippen LogP contribution in [0.1, 0.15) is 181 Å². The number of unbranched alkanes of at least 4 members (excludes halogenated alkanes) is 14. The van der Waals surface area contributed by atoms with E-state index in [0.717, 1.165) is 37.6 Å². The van der Waals surface area contributed by atoms with Crippen molar-refractivity contribution in [2.45, 2.75) is 223 Å². The summed E-state index contributed by atoms with van der Waals surface area (Å²) in [5.74, 6) is 0.825. The SMILES string of the molecule is C[C@@H]1N[C@H](CCCCCCCCCCC2=C[C@@H](CCCCCCCCCC[C@@H]3CC[C@@H](O)[C@H](C)N3)[C@@H]3CCCN3C2)CC[C@H]1O.Cl.Cl. The van der Waals surface area contributed by atoms with Crippen LogP contribution in [-0.2, 0) is 0 Å². The van der Waals surface area contributed by atoms with E-state index in [1.807, 2.05) is 0 Å². The molecule has 0 amide bonds. The molecule has 47 heavy (non-hydrogen) atoms. The van der Waals surface area contributed by atoms with Crippen LogP contribution in [0, 0.1) is 5.92 Å². The Hall–Kier alpha value is 0.120. The van der Waals surface area contributed by atoms with Gasteiger partial charge in [0.2, 0.25) is 0 Å². The zero-order chi connectivity index (χ0) is 31.7. The summed E-state index contributed by atoms with van der Waals surface area (Å²) in [6.07, 6.45) is 37.4. The van der Waals surface area contributed by atoms with E-state index >= 15 is 0 Å². The zero-order valence-corrected chi connectivity index (χ0v) is 32.3. The van der Waals surface area contributed by atoms with Gasteiger partial charge in [0.05, 0.1) is 12.2 Å². The maximum Gasteiger partial charge on any atom is 0.0691 e. The predicted molar refractivity (Wildman–Crippen MR) is 206 cm³/mol. The number of hydrogen-bond donors (Lipinski definition) is 4. The van der Waals surface area contributed by atoms with E-state index in [1.165, 1.54) is 154 Å². The second-order valence-corrected chi connectivity index (χ2v) is 16.0. The van der Waals surface area contributed by atoms with Crippen LogP contribution in [0.2, 0.25) is 0 Å². The van der Waals surface area contributed by atoms with E-state index in [-0.39, 0.29) is 49.1 Å². The lowest BCUT2D eigenvalue weighted by atomic mass is 9.85. The standard InChI is InChI=1S/C40H75N3O2.2ClH/c1-32-39(44)27-25-36(41-32)22-17-13-9-5-3-7-11-15-20-34-30-35(38-24-19-29-43(38)31-34)21-16-12-8-4-6-10-14-18-23-37-26-28-40(45)33(2)42-37;;/h30,32-33,35-42,44-45H,3-29,31H2,1-2H3;2*1H/t32-,33-,35+,36+,37+,38-,39+,40+;;/m0../s1. The first-order valence-corrected chi connectivity index (χ1v) is 20.3. The number of aliphatic hydroxyl groups is 2. The fourth-order valence-corrected chi connectivity index (χ4v) is 9.17. The molecule has 4 aliphatic rings. The van der Waals surface area contributed by atoms with Crippen molar-refractivity contribution in [2.24, 2.45) is 5.92 Å². The molecule has 4 aliphatic heterocycles. The fourth-order valence-electron chi connectivity index (χ4n) is 9.17. The lowest BCUT2D eigenvalue weighted by Gasteiger charge is -2.36. The first-order valence-electron chi connectivity index (χ1n) is 20.3. The molecule has 0 radical (unpaired) electrons. The van der Waals surface area contributed by atoms with Gasteiger partial charge in [0.15, 0.2) is 0 Å². The highest BCUT2D eigenvalue weighted by Crippen LogP contribution is 2.35. The van der Waals surface area contributed by atoms with Crippen LogP contribution in [0.4, 0.5) is 0 Å². The molecule has 0 saturated carbocycles. The van der Waals surface area contributed by atoms with Gasteiger partial charge in [0.1, 0.15) is 0 Å². The summed E-state index contributed by atoms with van der Waals surface area (Å²) < 4.78 is 0. The van der Waals surface area contributed by atoms with E-state index in [4.69, 9.17) is 0 Å². The van der Waals surface area contributed by atoms with Gasteiger partial charge in [0.25, 0.3) is 0 Å². The second-order valence-electron chi connectivity index (χ2n) is 16.0. The molecule has 3 fully saturated rings. The van der Waals surface area contributed by atoms with E-state index in [2.05, 4.69) is 35.5 Å². The van der Waals surface area contributed by atoms with Crippen molar-refractivity contribution >= 4 is 24.8 Å². The largest absolute Gasteiger partial charge is 0.392 e. The van der Waals surface area contributed by atoms with Crippen LogP contribution in [0.25, 0.3) is 0 Å². The van der Waals surface area contributed by atoms with Gasteiger partial charge in [-0.1, -0.05) is 108 Å². The fraction of sp³-hybridized carbons (Fsp3) is 0.950. The monoisotopic (exact) mass is 702 g/mol. The minimum absolute atomic E-state index is 0. The summed E-state index contributed by atoms with van der Waals surface area (Å²) in [6.45, 7) is 6.86. The smallest absolute Gasteiger partial charge is 0.0691 e. The first-order chi connectivity index (χ1) is 22.0. The molecule has 0 unspecified atom stereocenters. The number of piperidine rings is 2. The summed E-state index contributed by atoms with van der Waals surface area (Å²) in [4.78, 5) is 2.84. The van der Waals surface area contributed by atoms with Gasteiger partial charge in [-0.05, 0) is 96.9 Å². The minimum Gasteiger partial charge on any atom is -0.392 e. The molecule has 5 nitrogen and oxygen atoms in total. The average Bonchev–Trinajstić information content (AvgIpc) is 3.51. The van der Waals surface area contributed by atoms with Gasteiger partial charge in [-0.25, -0.2) is 0 Å². The number of nitrogens with zero attached hydrogens (tertiary/aromatic N) is 1. The van der Waals surface area contributed by atoms with Gasteiger partial charge >= 0.3 is 0 Å². The van der Waals surface area contributed by atoms with Crippen molar-refractivity contribution in [3.63, 3.8) is 0 Å². The van der Waals surface area contributed by atoms with Crippen molar-refractivity contribution in [3.8, 4) is 0 Å². The van der Waals surface area contributed by atoms with Crippen LogP contribution in [0.5, 0.6) is 0 Å². The number of nitrogens with one attached hydrogen (secondary N) is 2. The highest BCUT2D eigenvalue weighted by Gasteiger charge is 2.34. The molecule has 4 N–H and O–H groups in total. The third-order valence-corrected chi connectivity index (χ3v) is 12.2. The summed E-state index contributed by atoms with van der Waals surface area (Å²) in [6, 6.07) is 2.66. The van der Waals surface area contributed by atoms with E-state index in [1.54, 1.807) is 5.57 Å². The van der Waals surface area contributed by atoms with E-state index < -0.39 is 0 Å². The average molecular weight is 703 g/mol. The highest BCUT2D eigenvalue weighted by molar-refractivity contribution is 5.85. The number of halogens is 2. The molecule has 0 aliphatic carbocycles. The molecule has 7 heteroatoms. The molecule has 0 aromatic heterocycles. The lowest BCUT2D eigenvalue weighted by Crippen LogP contribution is -2.48. The summed E-state index contributed by atoms with van der Waals surface area (Å²) in [5.41, 5.74) is 1.77. The topological polar surface area (TPSA) is 67.8 Å². The molecule has 0 spiro atoms. The number of fused-ring (bicyclic) bond motifs is 1. The maximum absolute atomic E-state index is 9.89. The molecule has 4 heterocycles. The Morgan fingerprint density at radius 1 is 0.596 bits per heavy atom. The van der Waals surface area contributed by atoms with Crippen molar-refractivity contribution in [1.82, 2.24) is 15.5 Å². The number of aliphatic hydroxyl groups excluding tert-OH is 2. The Balaban J connectivity index is 0.00000384. The Kier molecular flexibility index (Phi) is 23.1. The van der Waals surface area contributed by atoms with Crippen molar-refractivity contribution < 1.29 is 10.2 Å². The predicted octanol–water partition coefficient (Wildman–Crippen LogP) is 9.66. The lowest BCUT2D eigenvalue weighted by molar-refractivity contribution is 0.0848. The Morgan fingerprint density at radius 2 is 1.04 bits per heavy atom. The third kappa shape index (κ3) is 16.3. The van der Waals surface area contributed by atoms with E-state index in [9.17, 15) is 10.2 Å². The van der Waals surface area contributed by atoms with Crippen LogP contribution < -0.4 is 10.6 Å². The molecule has 4 rings (SSSR count). The first kappa shape index (κ1) is 43.3. The van der Waals surface area contributed by atoms with Crippen molar-refractivity contribution in [1.29, 1.82) is 0 Å². The van der Waals surface area contributed by atoms with Gasteiger partial charge < -0.3 is 20.8 Å².